The van der Waals surface area contributed by atoms with Gasteiger partial charge in [0.1, 0.15) is 12.0 Å². The molecule has 0 spiro atoms. The summed E-state index contributed by atoms with van der Waals surface area (Å²) in [6.45, 7) is 0. The minimum Gasteiger partial charge on any atom is -0.472 e. The maximum absolute atomic E-state index is 8.39. The zero-order chi connectivity index (χ0) is 13.5. The standard InChI is InChI=1S/C14H11N3O3/c15-12-10-4-7-20-14(10)16-13(9-3-6-18-8-9)17(12)11-2-1-5-19-11/h1-8,13,15-16H. The summed E-state index contributed by atoms with van der Waals surface area (Å²) < 4.78 is 16.0. The number of nitrogens with zero attached hydrogens (tertiary/aromatic N) is 1. The second-order valence-corrected chi connectivity index (χ2v) is 4.44. The van der Waals surface area contributed by atoms with Gasteiger partial charge in [-0.3, -0.25) is 10.3 Å². The minimum atomic E-state index is -0.314. The first-order chi connectivity index (χ1) is 9.84. The summed E-state index contributed by atoms with van der Waals surface area (Å²) in [5.74, 6) is 1.47. The van der Waals surface area contributed by atoms with Crippen LogP contribution in [0, 0.1) is 5.41 Å². The quantitative estimate of drug-likeness (QED) is 0.745. The highest BCUT2D eigenvalue weighted by Crippen LogP contribution is 2.37. The van der Waals surface area contributed by atoms with Crippen LogP contribution in [0.5, 0.6) is 0 Å². The molecule has 3 aromatic heterocycles. The van der Waals surface area contributed by atoms with Crippen LogP contribution in [0.3, 0.4) is 0 Å². The summed E-state index contributed by atoms with van der Waals surface area (Å²) in [7, 11) is 0. The Balaban J connectivity index is 1.86. The fraction of sp³-hybridized carbons (Fsp3) is 0.0714. The molecular formula is C14H11N3O3. The largest absolute Gasteiger partial charge is 0.472 e. The highest BCUT2D eigenvalue weighted by Gasteiger charge is 2.35. The Morgan fingerprint density at radius 1 is 1.10 bits per heavy atom. The average Bonchev–Trinajstić information content (AvgIpc) is 3.20. The fourth-order valence-corrected chi connectivity index (χ4v) is 2.36. The van der Waals surface area contributed by atoms with Crippen LogP contribution in [0.15, 0.2) is 62.6 Å². The lowest BCUT2D eigenvalue weighted by atomic mass is 10.1. The van der Waals surface area contributed by atoms with Gasteiger partial charge in [-0.1, -0.05) is 0 Å². The van der Waals surface area contributed by atoms with Gasteiger partial charge in [0.15, 0.2) is 0 Å². The van der Waals surface area contributed by atoms with Crippen molar-refractivity contribution in [3.8, 4) is 0 Å². The number of fused-ring (bicyclic) bond motifs is 1. The third kappa shape index (κ3) is 1.48. The summed E-state index contributed by atoms with van der Waals surface area (Å²) in [5, 5.41) is 11.6. The van der Waals surface area contributed by atoms with Gasteiger partial charge >= 0.3 is 0 Å². The first-order valence-electron chi connectivity index (χ1n) is 6.12. The van der Waals surface area contributed by atoms with Gasteiger partial charge in [0.2, 0.25) is 11.8 Å². The molecule has 1 unspecified atom stereocenters. The van der Waals surface area contributed by atoms with Gasteiger partial charge in [-0.2, -0.15) is 0 Å². The van der Waals surface area contributed by atoms with E-state index in [9.17, 15) is 0 Å². The number of furan rings is 3. The van der Waals surface area contributed by atoms with Crippen molar-refractivity contribution >= 4 is 17.6 Å². The number of hydrogen-bond donors (Lipinski definition) is 2. The third-order valence-corrected chi connectivity index (χ3v) is 3.29. The van der Waals surface area contributed by atoms with Crippen LogP contribution < -0.4 is 10.2 Å². The highest BCUT2D eigenvalue weighted by molar-refractivity contribution is 6.12. The van der Waals surface area contributed by atoms with Gasteiger partial charge < -0.3 is 18.6 Å². The average molecular weight is 269 g/mol. The van der Waals surface area contributed by atoms with Crippen molar-refractivity contribution in [1.82, 2.24) is 0 Å². The summed E-state index contributed by atoms with van der Waals surface area (Å²) in [5.41, 5.74) is 1.58. The molecule has 1 aliphatic heterocycles. The molecule has 6 heteroatoms. The Labute approximate surface area is 114 Å². The zero-order valence-electron chi connectivity index (χ0n) is 10.4. The zero-order valence-corrected chi connectivity index (χ0v) is 10.4. The molecule has 2 N–H and O–H groups in total. The van der Waals surface area contributed by atoms with Crippen LogP contribution in [-0.2, 0) is 0 Å². The van der Waals surface area contributed by atoms with Crippen molar-refractivity contribution < 1.29 is 13.3 Å². The maximum atomic E-state index is 8.39. The molecule has 0 amide bonds. The summed E-state index contributed by atoms with van der Waals surface area (Å²) in [6, 6.07) is 7.20. The molecule has 6 nitrogen and oxygen atoms in total. The van der Waals surface area contributed by atoms with Gasteiger partial charge in [-0.25, -0.2) is 0 Å². The predicted octanol–water partition coefficient (Wildman–Crippen LogP) is 3.42. The van der Waals surface area contributed by atoms with Gasteiger partial charge in [-0.15, -0.1) is 0 Å². The molecule has 0 saturated carbocycles. The smallest absolute Gasteiger partial charge is 0.205 e. The molecular weight excluding hydrogens is 258 g/mol. The van der Waals surface area contributed by atoms with Crippen LogP contribution >= 0.6 is 0 Å². The lowest BCUT2D eigenvalue weighted by Crippen LogP contribution is -2.42. The van der Waals surface area contributed by atoms with E-state index in [1.54, 1.807) is 42.1 Å². The van der Waals surface area contributed by atoms with E-state index in [-0.39, 0.29) is 6.17 Å². The van der Waals surface area contributed by atoms with E-state index in [2.05, 4.69) is 5.32 Å². The van der Waals surface area contributed by atoms with Crippen LogP contribution in [-0.4, -0.2) is 5.84 Å². The van der Waals surface area contributed by atoms with Crippen molar-refractivity contribution in [2.75, 3.05) is 10.2 Å². The number of anilines is 2. The second-order valence-electron chi connectivity index (χ2n) is 4.44. The summed E-state index contributed by atoms with van der Waals surface area (Å²) in [4.78, 5) is 1.75. The maximum Gasteiger partial charge on any atom is 0.205 e. The van der Waals surface area contributed by atoms with E-state index in [0.29, 0.717) is 23.2 Å². The summed E-state index contributed by atoms with van der Waals surface area (Å²) in [6.07, 6.45) is 6.06. The molecule has 0 aromatic carbocycles. The monoisotopic (exact) mass is 269 g/mol. The Bertz CT molecular complexity index is 728. The lowest BCUT2D eigenvalue weighted by molar-refractivity contribution is 0.528. The van der Waals surface area contributed by atoms with E-state index in [4.69, 9.17) is 18.7 Å². The Kier molecular flexibility index (Phi) is 2.23. The van der Waals surface area contributed by atoms with E-state index in [1.807, 2.05) is 12.1 Å². The van der Waals surface area contributed by atoms with Crippen molar-refractivity contribution in [1.29, 1.82) is 5.41 Å². The Morgan fingerprint density at radius 3 is 2.80 bits per heavy atom. The first kappa shape index (κ1) is 11.0. The van der Waals surface area contributed by atoms with Gasteiger partial charge in [0.05, 0.1) is 30.6 Å². The molecule has 3 aromatic rings. The highest BCUT2D eigenvalue weighted by atomic mass is 16.4. The Hall–Kier alpha value is -2.89. The summed E-state index contributed by atoms with van der Waals surface area (Å²) >= 11 is 0. The van der Waals surface area contributed by atoms with Crippen LogP contribution in [0.4, 0.5) is 11.8 Å². The lowest BCUT2D eigenvalue weighted by Gasteiger charge is -2.35. The van der Waals surface area contributed by atoms with Gasteiger partial charge in [-0.05, 0) is 18.2 Å². The van der Waals surface area contributed by atoms with Crippen molar-refractivity contribution in [3.63, 3.8) is 0 Å². The van der Waals surface area contributed by atoms with Crippen molar-refractivity contribution in [3.05, 3.63) is 60.4 Å². The van der Waals surface area contributed by atoms with Gasteiger partial charge in [0, 0.05) is 11.6 Å². The number of hydrogen-bond acceptors (Lipinski definition) is 5. The normalized spacial score (nSPS) is 17.9. The molecule has 20 heavy (non-hydrogen) atoms. The van der Waals surface area contributed by atoms with E-state index < -0.39 is 0 Å². The molecule has 4 heterocycles. The molecule has 0 radical (unpaired) electrons. The Morgan fingerprint density at radius 2 is 2.05 bits per heavy atom. The molecule has 0 aliphatic carbocycles. The van der Waals surface area contributed by atoms with Crippen LogP contribution in [0.2, 0.25) is 0 Å². The van der Waals surface area contributed by atoms with Crippen molar-refractivity contribution in [2.45, 2.75) is 6.17 Å². The minimum absolute atomic E-state index is 0.314. The van der Waals surface area contributed by atoms with E-state index in [0.717, 1.165) is 5.56 Å². The molecule has 0 fully saturated rings. The first-order valence-corrected chi connectivity index (χ1v) is 6.12. The van der Waals surface area contributed by atoms with Crippen LogP contribution in [0.1, 0.15) is 17.3 Å². The molecule has 1 atom stereocenters. The third-order valence-electron chi connectivity index (χ3n) is 3.29. The molecule has 4 rings (SSSR count). The number of amidine groups is 1. The number of rotatable bonds is 2. The van der Waals surface area contributed by atoms with E-state index >= 15 is 0 Å². The molecule has 1 aliphatic rings. The SMILES string of the molecule is N=C1c2ccoc2NC(c2ccoc2)N1c1ccco1. The molecule has 100 valence electrons. The number of nitrogens with one attached hydrogen (secondary N) is 2. The second kappa shape index (κ2) is 4.06. The predicted molar refractivity (Wildman–Crippen MR) is 71.8 cm³/mol. The van der Waals surface area contributed by atoms with Gasteiger partial charge in [0.25, 0.3) is 0 Å². The van der Waals surface area contributed by atoms with Crippen LogP contribution in [0.25, 0.3) is 0 Å². The van der Waals surface area contributed by atoms with E-state index in [1.165, 1.54) is 0 Å². The topological polar surface area (TPSA) is 78.5 Å². The molecule has 0 bridgehead atoms. The molecule has 0 saturated heterocycles. The van der Waals surface area contributed by atoms with Crippen molar-refractivity contribution in [2.24, 2.45) is 0 Å². The fourth-order valence-electron chi connectivity index (χ4n) is 2.36.